The molecule has 0 radical (unpaired) electrons. The smallest absolute Gasteiger partial charge is 0.170 e. The van der Waals surface area contributed by atoms with E-state index in [1.165, 1.54) is 0 Å². The minimum Gasteiger partial charge on any atom is -0.363 e. The van der Waals surface area contributed by atoms with E-state index in [1.54, 1.807) is 0 Å². The largest absolute Gasteiger partial charge is 0.363 e. The molecule has 0 aliphatic rings. The van der Waals surface area contributed by atoms with E-state index >= 15 is 0 Å². The third-order valence-electron chi connectivity index (χ3n) is 2.84. The monoisotopic (exact) mass is 320 g/mol. The first-order valence-corrected chi connectivity index (χ1v) is 9.65. The van der Waals surface area contributed by atoms with Gasteiger partial charge in [-0.05, 0) is 19.1 Å². The first kappa shape index (κ1) is 15.2. The van der Waals surface area contributed by atoms with Gasteiger partial charge in [0.25, 0.3) is 0 Å². The van der Waals surface area contributed by atoms with Crippen LogP contribution in [0, 0.1) is 0 Å². The van der Waals surface area contributed by atoms with Crippen LogP contribution in [0.3, 0.4) is 0 Å². The summed E-state index contributed by atoms with van der Waals surface area (Å²) >= 11 is 11.3. The highest BCUT2D eigenvalue weighted by Crippen LogP contribution is 2.38. The van der Waals surface area contributed by atoms with Gasteiger partial charge >= 0.3 is 0 Å². The van der Waals surface area contributed by atoms with Crippen molar-refractivity contribution >= 4 is 45.9 Å². The van der Waals surface area contributed by atoms with E-state index in [1.807, 2.05) is 43.3 Å². The second-order valence-electron chi connectivity index (χ2n) is 4.25. The van der Waals surface area contributed by atoms with E-state index in [0.29, 0.717) is 5.11 Å². The van der Waals surface area contributed by atoms with Crippen molar-refractivity contribution in [3.63, 3.8) is 0 Å². The lowest BCUT2D eigenvalue weighted by Gasteiger charge is -2.26. The summed E-state index contributed by atoms with van der Waals surface area (Å²) in [7, 11) is 0. The Kier molecular flexibility index (Phi) is 5.30. The highest BCUT2D eigenvalue weighted by Gasteiger charge is 2.22. The Morgan fingerprint density at radius 3 is 1.80 bits per heavy atom. The van der Waals surface area contributed by atoms with E-state index in [9.17, 15) is 0 Å². The fraction of sp³-hybridized carbons (Fsp3) is 0.133. The number of nitrogens with one attached hydrogen (secondary N) is 2. The van der Waals surface area contributed by atoms with Gasteiger partial charge in [-0.1, -0.05) is 72.5 Å². The van der Waals surface area contributed by atoms with Gasteiger partial charge in [0, 0.05) is 17.2 Å². The second kappa shape index (κ2) is 6.98. The Bertz CT molecular complexity index is 571. The zero-order valence-corrected chi connectivity index (χ0v) is 13.8. The lowest BCUT2D eigenvalue weighted by molar-refractivity contribution is 0.963. The molecule has 0 unspecified atom stereocenters. The molecule has 0 aliphatic heterocycles. The molecule has 0 aromatic heterocycles. The van der Waals surface area contributed by atoms with E-state index in [4.69, 9.17) is 24.0 Å². The SMILES string of the molecule is CCNC(=S)NP(=S)(c1ccccc1)c1ccccc1. The van der Waals surface area contributed by atoms with Gasteiger partial charge in [0.15, 0.2) is 5.11 Å². The van der Waals surface area contributed by atoms with Gasteiger partial charge in [-0.25, -0.2) is 0 Å². The molecule has 0 amide bonds. The molecule has 104 valence electrons. The fourth-order valence-electron chi connectivity index (χ4n) is 1.90. The van der Waals surface area contributed by atoms with Crippen LogP contribution in [0.2, 0.25) is 0 Å². The van der Waals surface area contributed by atoms with Crippen molar-refractivity contribution < 1.29 is 0 Å². The van der Waals surface area contributed by atoms with E-state index < -0.39 is 6.19 Å². The number of hydrogen-bond acceptors (Lipinski definition) is 2. The number of benzene rings is 2. The molecule has 2 aromatic rings. The van der Waals surface area contributed by atoms with Crippen LogP contribution in [0.1, 0.15) is 6.92 Å². The molecule has 2 aromatic carbocycles. The van der Waals surface area contributed by atoms with E-state index in [0.717, 1.165) is 17.2 Å². The van der Waals surface area contributed by atoms with Gasteiger partial charge in [0.1, 0.15) is 0 Å². The van der Waals surface area contributed by atoms with Gasteiger partial charge in [-0.3, -0.25) is 0 Å². The van der Waals surface area contributed by atoms with Crippen molar-refractivity contribution in [3.05, 3.63) is 60.7 Å². The Balaban J connectivity index is 2.44. The fourth-order valence-corrected chi connectivity index (χ4v) is 5.74. The molecular weight excluding hydrogens is 303 g/mol. The highest BCUT2D eigenvalue weighted by molar-refractivity contribution is 8.21. The van der Waals surface area contributed by atoms with Gasteiger partial charge in [-0.15, -0.1) is 0 Å². The van der Waals surface area contributed by atoms with Crippen LogP contribution in [0.25, 0.3) is 0 Å². The Hall–Kier alpha value is -1.22. The molecule has 2 nitrogen and oxygen atoms in total. The Morgan fingerprint density at radius 1 is 0.950 bits per heavy atom. The van der Waals surface area contributed by atoms with Crippen molar-refractivity contribution in [2.24, 2.45) is 0 Å². The average molecular weight is 320 g/mol. The molecule has 0 bridgehead atoms. The third kappa shape index (κ3) is 3.45. The first-order valence-electron chi connectivity index (χ1n) is 6.44. The molecule has 2 N–H and O–H groups in total. The van der Waals surface area contributed by atoms with Crippen molar-refractivity contribution in [1.29, 1.82) is 0 Å². The van der Waals surface area contributed by atoms with E-state index in [2.05, 4.69) is 34.7 Å². The Labute approximate surface area is 130 Å². The summed E-state index contributed by atoms with van der Waals surface area (Å²) in [6.07, 6.45) is -2.13. The molecule has 5 heteroatoms. The molecule has 0 aliphatic carbocycles. The summed E-state index contributed by atoms with van der Waals surface area (Å²) in [5.41, 5.74) is 0. The highest BCUT2D eigenvalue weighted by atomic mass is 32.4. The molecule has 2 rings (SSSR count). The van der Waals surface area contributed by atoms with Gasteiger partial charge in [0.05, 0.1) is 6.19 Å². The average Bonchev–Trinajstić information content (AvgIpc) is 2.49. The van der Waals surface area contributed by atoms with Gasteiger partial charge < -0.3 is 10.4 Å². The first-order chi connectivity index (χ1) is 9.66. The van der Waals surface area contributed by atoms with Gasteiger partial charge in [-0.2, -0.15) is 0 Å². The number of rotatable bonds is 4. The van der Waals surface area contributed by atoms with Crippen LogP contribution in [0.15, 0.2) is 60.7 Å². The summed E-state index contributed by atoms with van der Waals surface area (Å²) in [6.45, 7) is 2.80. The van der Waals surface area contributed by atoms with Crippen LogP contribution in [-0.4, -0.2) is 11.7 Å². The second-order valence-corrected chi connectivity index (χ2v) is 8.78. The standard InChI is InChI=1S/C15H17N2PS2/c1-2-16-15(19)17-18(20,13-9-5-3-6-10-13)14-11-7-4-8-12-14/h3-12H,2H2,1H3,(H2,16,17,19,20). The van der Waals surface area contributed by atoms with Crippen molar-refractivity contribution in [3.8, 4) is 0 Å². The zero-order valence-electron chi connectivity index (χ0n) is 11.2. The summed E-state index contributed by atoms with van der Waals surface area (Å²) in [4.78, 5) is 0. The quantitative estimate of drug-likeness (QED) is 0.668. The van der Waals surface area contributed by atoms with Crippen molar-refractivity contribution in [1.82, 2.24) is 10.4 Å². The number of hydrogen-bond donors (Lipinski definition) is 2. The predicted octanol–water partition coefficient (Wildman–Crippen LogP) is 2.52. The minimum atomic E-state index is -2.13. The molecule has 0 atom stereocenters. The zero-order chi connectivity index (χ0) is 14.4. The lowest BCUT2D eigenvalue weighted by atomic mass is 10.4. The topological polar surface area (TPSA) is 24.1 Å². The van der Waals surface area contributed by atoms with Crippen LogP contribution >= 0.6 is 18.4 Å². The molecule has 0 spiro atoms. The lowest BCUT2D eigenvalue weighted by Crippen LogP contribution is -2.38. The Morgan fingerprint density at radius 2 is 1.40 bits per heavy atom. The third-order valence-corrected chi connectivity index (χ3v) is 7.36. The summed E-state index contributed by atoms with van der Waals surface area (Å²) in [5.74, 6) is 0. The number of thiocarbonyl (C=S) groups is 1. The van der Waals surface area contributed by atoms with Gasteiger partial charge in [0.2, 0.25) is 0 Å². The summed E-state index contributed by atoms with van der Waals surface area (Å²) in [5, 5.41) is 9.33. The maximum atomic E-state index is 6.00. The molecule has 0 fully saturated rings. The maximum absolute atomic E-state index is 6.00. The van der Waals surface area contributed by atoms with E-state index in [-0.39, 0.29) is 0 Å². The maximum Gasteiger partial charge on any atom is 0.170 e. The van der Waals surface area contributed by atoms with Crippen molar-refractivity contribution in [2.75, 3.05) is 6.54 Å². The molecular formula is C15H17N2PS2. The summed E-state index contributed by atoms with van der Waals surface area (Å²) < 4.78 is 0. The van der Waals surface area contributed by atoms with Crippen LogP contribution in [-0.2, 0) is 11.8 Å². The normalized spacial score (nSPS) is 10.8. The van der Waals surface area contributed by atoms with Crippen LogP contribution in [0.4, 0.5) is 0 Å². The summed E-state index contributed by atoms with van der Waals surface area (Å²) in [6, 6.07) is 20.3. The van der Waals surface area contributed by atoms with Crippen LogP contribution in [0.5, 0.6) is 0 Å². The molecule has 20 heavy (non-hydrogen) atoms. The predicted molar refractivity (Wildman–Crippen MR) is 95.8 cm³/mol. The molecule has 0 saturated carbocycles. The van der Waals surface area contributed by atoms with Crippen molar-refractivity contribution in [2.45, 2.75) is 6.92 Å². The van der Waals surface area contributed by atoms with Crippen LogP contribution < -0.4 is 21.0 Å². The molecule has 0 saturated heterocycles. The molecule has 0 heterocycles. The minimum absolute atomic E-state index is 0.614.